The zero-order valence-corrected chi connectivity index (χ0v) is 12.9. The highest BCUT2D eigenvalue weighted by Gasteiger charge is 2.33. The summed E-state index contributed by atoms with van der Waals surface area (Å²) < 4.78 is 23.0. The van der Waals surface area contributed by atoms with Crippen LogP contribution in [0.1, 0.15) is 42.1 Å². The highest BCUT2D eigenvalue weighted by molar-refractivity contribution is 7.89. The van der Waals surface area contributed by atoms with E-state index in [-0.39, 0.29) is 26.9 Å². The molecular formula is C13H17ClN2O3S. The van der Waals surface area contributed by atoms with Crippen molar-refractivity contribution in [3.63, 3.8) is 0 Å². The third kappa shape index (κ3) is 2.97. The quantitative estimate of drug-likeness (QED) is 0.893. The van der Waals surface area contributed by atoms with Crippen LogP contribution < -0.4 is 10.5 Å². The van der Waals surface area contributed by atoms with Crippen LogP contribution >= 0.6 is 11.6 Å². The predicted octanol–water partition coefficient (Wildman–Crippen LogP) is 1.97. The van der Waals surface area contributed by atoms with Gasteiger partial charge in [0, 0.05) is 11.1 Å². The molecule has 2 rings (SSSR count). The van der Waals surface area contributed by atoms with E-state index >= 15 is 0 Å². The van der Waals surface area contributed by atoms with E-state index in [0.717, 1.165) is 19.3 Å². The minimum absolute atomic E-state index is 0.0545. The number of primary sulfonamides is 1. The van der Waals surface area contributed by atoms with Crippen LogP contribution in [0.3, 0.4) is 0 Å². The van der Waals surface area contributed by atoms with Crippen molar-refractivity contribution in [2.24, 2.45) is 5.14 Å². The monoisotopic (exact) mass is 316 g/mol. The van der Waals surface area contributed by atoms with Crippen molar-refractivity contribution in [2.45, 2.75) is 43.5 Å². The Bertz CT molecular complexity index is 666. The van der Waals surface area contributed by atoms with Gasteiger partial charge in [-0.25, -0.2) is 13.6 Å². The van der Waals surface area contributed by atoms with Crippen molar-refractivity contribution < 1.29 is 13.2 Å². The molecule has 1 aromatic carbocycles. The topological polar surface area (TPSA) is 89.3 Å². The van der Waals surface area contributed by atoms with Gasteiger partial charge >= 0.3 is 0 Å². The fourth-order valence-corrected chi connectivity index (χ4v) is 3.39. The zero-order valence-electron chi connectivity index (χ0n) is 11.4. The average molecular weight is 317 g/mol. The third-order valence-corrected chi connectivity index (χ3v) is 5.21. The Morgan fingerprint density at radius 3 is 2.45 bits per heavy atom. The summed E-state index contributed by atoms with van der Waals surface area (Å²) in [5.41, 5.74) is 0.554. The van der Waals surface area contributed by atoms with Gasteiger partial charge in [-0.3, -0.25) is 4.79 Å². The molecular weight excluding hydrogens is 300 g/mol. The number of carbonyl (C=O) groups is 1. The van der Waals surface area contributed by atoms with Crippen molar-refractivity contribution in [3.05, 3.63) is 28.3 Å². The lowest BCUT2D eigenvalue weighted by molar-refractivity contribution is 0.0850. The Labute approximate surface area is 123 Å². The molecule has 0 bridgehead atoms. The van der Waals surface area contributed by atoms with E-state index in [1.54, 1.807) is 13.0 Å². The Morgan fingerprint density at radius 2 is 2.00 bits per heavy atom. The lowest BCUT2D eigenvalue weighted by atomic mass is 9.78. The van der Waals surface area contributed by atoms with Gasteiger partial charge in [0.25, 0.3) is 5.91 Å². The number of halogens is 1. The molecule has 0 radical (unpaired) electrons. The number of nitrogens with two attached hydrogens (primary N) is 1. The number of aryl methyl sites for hydroxylation is 1. The van der Waals surface area contributed by atoms with E-state index in [2.05, 4.69) is 5.32 Å². The average Bonchev–Trinajstić information content (AvgIpc) is 2.28. The van der Waals surface area contributed by atoms with Crippen LogP contribution in [0.25, 0.3) is 0 Å². The molecule has 1 saturated carbocycles. The summed E-state index contributed by atoms with van der Waals surface area (Å²) >= 11 is 5.94. The first-order chi connectivity index (χ1) is 9.12. The molecule has 5 nitrogen and oxygen atoms in total. The van der Waals surface area contributed by atoms with Gasteiger partial charge in [0.2, 0.25) is 10.0 Å². The van der Waals surface area contributed by atoms with Crippen molar-refractivity contribution in [1.82, 2.24) is 5.32 Å². The molecule has 20 heavy (non-hydrogen) atoms. The number of nitrogens with one attached hydrogen (secondary N) is 1. The molecule has 1 amide bonds. The minimum Gasteiger partial charge on any atom is -0.347 e. The predicted molar refractivity (Wildman–Crippen MR) is 77.3 cm³/mol. The van der Waals surface area contributed by atoms with Crippen molar-refractivity contribution in [3.8, 4) is 0 Å². The number of rotatable bonds is 3. The maximum atomic E-state index is 12.2. The Kier molecular flexibility index (Phi) is 3.83. The molecule has 0 heterocycles. The lowest BCUT2D eigenvalue weighted by Crippen LogP contribution is -2.50. The standard InChI is InChI=1S/C13H17ClN2O3S/c1-8-6-9(7-10(11(8)14)20(15,18)19)12(17)16-13(2)4-3-5-13/h6-7H,3-5H2,1-2H3,(H,16,17)(H2,15,18,19). The summed E-state index contributed by atoms with van der Waals surface area (Å²) in [5, 5.41) is 8.09. The van der Waals surface area contributed by atoms with Gasteiger partial charge in [-0.2, -0.15) is 0 Å². The molecule has 1 fully saturated rings. The summed E-state index contributed by atoms with van der Waals surface area (Å²) in [7, 11) is -3.96. The smallest absolute Gasteiger partial charge is 0.251 e. The van der Waals surface area contributed by atoms with Crippen molar-refractivity contribution >= 4 is 27.5 Å². The highest BCUT2D eigenvalue weighted by atomic mass is 35.5. The van der Waals surface area contributed by atoms with Crippen molar-refractivity contribution in [1.29, 1.82) is 0 Å². The summed E-state index contributed by atoms with van der Waals surface area (Å²) in [6, 6.07) is 2.79. The van der Waals surface area contributed by atoms with Crippen LogP contribution in [-0.2, 0) is 10.0 Å². The summed E-state index contributed by atoms with van der Waals surface area (Å²) in [5.74, 6) is -0.308. The molecule has 7 heteroatoms. The molecule has 1 aliphatic rings. The molecule has 0 atom stereocenters. The fraction of sp³-hybridized carbons (Fsp3) is 0.462. The van der Waals surface area contributed by atoms with Gasteiger partial charge in [0.1, 0.15) is 4.90 Å². The number of hydrogen-bond donors (Lipinski definition) is 2. The molecule has 0 spiro atoms. The number of hydrogen-bond acceptors (Lipinski definition) is 3. The van der Waals surface area contributed by atoms with Crippen LogP contribution in [0.5, 0.6) is 0 Å². The van der Waals surface area contributed by atoms with E-state index in [1.807, 2.05) is 6.92 Å². The molecule has 1 aliphatic carbocycles. The van der Waals surface area contributed by atoms with Crippen LogP contribution in [0.15, 0.2) is 17.0 Å². The largest absolute Gasteiger partial charge is 0.347 e. The first kappa shape index (κ1) is 15.3. The van der Waals surface area contributed by atoms with Gasteiger partial charge in [0.15, 0.2) is 0 Å². The van der Waals surface area contributed by atoms with Crippen molar-refractivity contribution in [2.75, 3.05) is 0 Å². The molecule has 0 aromatic heterocycles. The minimum atomic E-state index is -3.96. The van der Waals surface area contributed by atoms with E-state index in [9.17, 15) is 13.2 Å². The van der Waals surface area contributed by atoms with Gasteiger partial charge in [-0.05, 0) is 50.8 Å². The molecule has 0 aliphatic heterocycles. The molecule has 0 saturated heterocycles. The molecule has 3 N–H and O–H groups in total. The van der Waals surface area contributed by atoms with Crippen LogP contribution in [0, 0.1) is 6.92 Å². The van der Waals surface area contributed by atoms with Crippen LogP contribution in [0.2, 0.25) is 5.02 Å². The fourth-order valence-electron chi connectivity index (χ4n) is 2.25. The second-order valence-corrected chi connectivity index (χ2v) is 7.43. The maximum Gasteiger partial charge on any atom is 0.251 e. The van der Waals surface area contributed by atoms with E-state index in [1.165, 1.54) is 6.07 Å². The van der Waals surface area contributed by atoms with Gasteiger partial charge < -0.3 is 5.32 Å². The highest BCUT2D eigenvalue weighted by Crippen LogP contribution is 2.32. The Hall–Kier alpha value is -1.11. The number of sulfonamides is 1. The summed E-state index contributed by atoms with van der Waals surface area (Å²) in [4.78, 5) is 12.0. The molecule has 110 valence electrons. The van der Waals surface area contributed by atoms with Gasteiger partial charge in [-0.1, -0.05) is 11.6 Å². The number of amides is 1. The maximum absolute atomic E-state index is 12.2. The normalized spacial score (nSPS) is 17.4. The number of carbonyl (C=O) groups excluding carboxylic acids is 1. The molecule has 0 unspecified atom stereocenters. The van der Waals surface area contributed by atoms with E-state index < -0.39 is 10.0 Å². The summed E-state index contributed by atoms with van der Waals surface area (Å²) in [6.07, 6.45) is 2.93. The van der Waals surface area contributed by atoms with Crippen LogP contribution in [0.4, 0.5) is 0 Å². The summed E-state index contributed by atoms with van der Waals surface area (Å²) in [6.45, 7) is 3.61. The lowest BCUT2D eigenvalue weighted by Gasteiger charge is -2.39. The first-order valence-electron chi connectivity index (χ1n) is 6.28. The molecule has 1 aromatic rings. The number of benzene rings is 1. The van der Waals surface area contributed by atoms with E-state index in [4.69, 9.17) is 16.7 Å². The van der Waals surface area contributed by atoms with Gasteiger partial charge in [-0.15, -0.1) is 0 Å². The Balaban J connectivity index is 2.38. The van der Waals surface area contributed by atoms with E-state index in [0.29, 0.717) is 5.56 Å². The third-order valence-electron chi connectivity index (χ3n) is 3.66. The zero-order chi connectivity index (χ0) is 15.1. The first-order valence-corrected chi connectivity index (χ1v) is 8.20. The SMILES string of the molecule is Cc1cc(C(=O)NC2(C)CCC2)cc(S(N)(=O)=O)c1Cl. The van der Waals surface area contributed by atoms with Gasteiger partial charge in [0.05, 0.1) is 5.02 Å². The second-order valence-electron chi connectivity index (χ2n) is 5.52. The van der Waals surface area contributed by atoms with Crippen LogP contribution in [-0.4, -0.2) is 19.9 Å². The Morgan fingerprint density at radius 1 is 1.40 bits per heavy atom. The second kappa shape index (κ2) is 5.02.